The Hall–Kier alpha value is -6.95. The van der Waals surface area contributed by atoms with Crippen LogP contribution in [0, 0.1) is 116 Å². The largest absolute Gasteiger partial charge is 0.455 e. The number of carbonyl (C=O) groups is 2. The maximum absolute atomic E-state index is 15.4. The van der Waals surface area contributed by atoms with Crippen molar-refractivity contribution in [2.24, 2.45) is 0 Å². The molecule has 66 heavy (non-hydrogen) atoms. The minimum Gasteiger partial charge on any atom is -0.455 e. The van der Waals surface area contributed by atoms with Crippen molar-refractivity contribution in [3.8, 4) is 0 Å². The van der Waals surface area contributed by atoms with Crippen molar-refractivity contribution in [2.75, 3.05) is 0 Å². The zero-order valence-corrected chi connectivity index (χ0v) is 32.3. The number of nitrogens with zero attached hydrogens (tertiary/aromatic N) is 1. The van der Waals surface area contributed by atoms with E-state index in [0.29, 0.717) is 11.3 Å². The Kier molecular flexibility index (Phi) is 14.3. The van der Waals surface area contributed by atoms with Gasteiger partial charge in [0.2, 0.25) is 12.3 Å². The summed E-state index contributed by atoms with van der Waals surface area (Å²) in [7, 11) is 0. The molecule has 0 atom stereocenters. The lowest BCUT2D eigenvalue weighted by Crippen LogP contribution is -2.81. The molecule has 4 nitrogen and oxygen atoms in total. The maximum atomic E-state index is 15.4. The summed E-state index contributed by atoms with van der Waals surface area (Å²) in [5, 5.41) is 0. The standard InChI is InChI=1S/C24BF20.C17H18NO3/c26-5-1(6(27)14(35)21(42)13(5)34)25(2-7(28)15(36)22(43)16(37)8(2)29,3-9(30)17(38)23(44)18(39)10(3)31)4-11(32)19(40)24(45)20(41)12(4)33;1-13(2)21-17(20)15-10-6-7-11-18(15)12-16(19)14-8-4-3-5-9-14/h;3-11,13H,12H2,1-2H3/q-1;+1. The van der Waals surface area contributed by atoms with Gasteiger partial charge in [-0.2, -0.15) is 4.57 Å². The Labute approximate surface area is 355 Å². The molecule has 6 rings (SSSR count). The Morgan fingerprint density at radius 3 is 0.985 bits per heavy atom. The molecule has 0 aliphatic carbocycles. The first-order chi connectivity index (χ1) is 30.8. The SMILES string of the molecule is CC(C)OC(=O)c1cccc[n+]1CC(=O)c1ccccc1.Fc1c(F)c(F)c([B-](c2c(F)c(F)c(F)c(F)c2F)(c2c(F)c(F)c(F)c(F)c2F)c2c(F)c(F)c(F)c(F)c2F)c(F)c1F. The molecule has 348 valence electrons. The van der Waals surface area contributed by atoms with E-state index in [1.165, 1.54) is 0 Å². The predicted octanol–water partition coefficient (Wildman–Crippen LogP) is 8.27. The molecule has 0 spiro atoms. The summed E-state index contributed by atoms with van der Waals surface area (Å²) in [4.78, 5) is 24.3. The van der Waals surface area contributed by atoms with Crippen molar-refractivity contribution in [1.29, 1.82) is 0 Å². The first kappa shape index (κ1) is 50.1. The van der Waals surface area contributed by atoms with Gasteiger partial charge in [0.25, 0.3) is 5.69 Å². The van der Waals surface area contributed by atoms with Gasteiger partial charge in [0.1, 0.15) is 52.7 Å². The summed E-state index contributed by atoms with van der Waals surface area (Å²) in [5.41, 5.74) is -13.3. The highest BCUT2D eigenvalue weighted by atomic mass is 19.2. The van der Waals surface area contributed by atoms with Gasteiger partial charge < -0.3 is 4.74 Å². The van der Waals surface area contributed by atoms with Crippen molar-refractivity contribution in [3.05, 3.63) is 182 Å². The fraction of sp³-hybridized carbons (Fsp3) is 0.0976. The molecule has 1 aromatic heterocycles. The second-order valence-electron chi connectivity index (χ2n) is 13.8. The lowest BCUT2D eigenvalue weighted by Gasteiger charge is -2.44. The molecular formula is C41H18BF20NO3. The first-order valence-corrected chi connectivity index (χ1v) is 17.8. The topological polar surface area (TPSA) is 47.2 Å². The van der Waals surface area contributed by atoms with Crippen molar-refractivity contribution >= 4 is 39.7 Å². The Balaban J connectivity index is 0.000000324. The summed E-state index contributed by atoms with van der Waals surface area (Å²) in [5.74, 6) is -71.9. The van der Waals surface area contributed by atoms with E-state index >= 15 is 35.1 Å². The Bertz CT molecular complexity index is 2570. The number of ether oxygens (including phenoxy) is 1. The van der Waals surface area contributed by atoms with Crippen LogP contribution in [-0.4, -0.2) is 24.0 Å². The number of esters is 1. The highest BCUT2D eigenvalue weighted by molar-refractivity contribution is 7.20. The van der Waals surface area contributed by atoms with Crippen LogP contribution in [0.3, 0.4) is 0 Å². The van der Waals surface area contributed by atoms with Crippen LogP contribution >= 0.6 is 0 Å². The van der Waals surface area contributed by atoms with Gasteiger partial charge in [-0.3, -0.25) is 4.79 Å². The average molecular weight is 963 g/mol. The molecular weight excluding hydrogens is 945 g/mol. The minimum atomic E-state index is -7.22. The molecule has 0 aliphatic rings. The third-order valence-electron chi connectivity index (χ3n) is 9.61. The van der Waals surface area contributed by atoms with E-state index in [-0.39, 0.29) is 18.4 Å². The van der Waals surface area contributed by atoms with Gasteiger partial charge in [0.15, 0.2) is 76.0 Å². The minimum absolute atomic E-state index is 0.0506. The number of benzene rings is 5. The highest BCUT2D eigenvalue weighted by Crippen LogP contribution is 2.30. The molecule has 1 heterocycles. The van der Waals surface area contributed by atoms with Crippen LogP contribution in [0.2, 0.25) is 0 Å². The third kappa shape index (κ3) is 8.18. The summed E-state index contributed by atoms with van der Waals surface area (Å²) in [6, 6.07) is 14.2. The summed E-state index contributed by atoms with van der Waals surface area (Å²) in [6.07, 6.45) is -5.71. The van der Waals surface area contributed by atoms with Crippen molar-refractivity contribution in [2.45, 2.75) is 26.5 Å². The molecule has 0 unspecified atom stereocenters. The van der Waals surface area contributed by atoms with Crippen molar-refractivity contribution in [3.63, 3.8) is 0 Å². The van der Waals surface area contributed by atoms with Crippen molar-refractivity contribution < 1.29 is 107 Å². The summed E-state index contributed by atoms with van der Waals surface area (Å²) < 4.78 is 301. The highest BCUT2D eigenvalue weighted by Gasteiger charge is 2.52. The van der Waals surface area contributed by atoms with Gasteiger partial charge in [-0.1, -0.05) is 30.3 Å². The van der Waals surface area contributed by atoms with Crippen LogP contribution in [0.15, 0.2) is 54.7 Å². The number of pyridine rings is 1. The van der Waals surface area contributed by atoms with Gasteiger partial charge in [0, 0.05) is 17.7 Å². The molecule has 0 amide bonds. The van der Waals surface area contributed by atoms with Crippen LogP contribution in [0.1, 0.15) is 34.7 Å². The number of Topliss-reactive ketones (excluding diaryl/α,β-unsaturated/α-hetero) is 1. The molecule has 0 saturated carbocycles. The maximum Gasteiger partial charge on any atom is 0.403 e. The quantitative estimate of drug-likeness (QED) is 0.0279. The van der Waals surface area contributed by atoms with Crippen LogP contribution in [0.5, 0.6) is 0 Å². The van der Waals surface area contributed by atoms with Crippen LogP contribution in [0.25, 0.3) is 0 Å². The number of hydrogen-bond donors (Lipinski definition) is 0. The van der Waals surface area contributed by atoms with Gasteiger partial charge in [-0.05, 0) is 19.9 Å². The van der Waals surface area contributed by atoms with Gasteiger partial charge in [-0.15, -0.1) is 21.9 Å². The first-order valence-electron chi connectivity index (χ1n) is 17.8. The number of hydrogen-bond acceptors (Lipinski definition) is 3. The van der Waals surface area contributed by atoms with E-state index in [4.69, 9.17) is 4.74 Å². The van der Waals surface area contributed by atoms with E-state index in [0.717, 1.165) is 0 Å². The molecule has 0 fully saturated rings. The molecule has 25 heteroatoms. The molecule has 5 aromatic carbocycles. The Morgan fingerprint density at radius 1 is 0.424 bits per heavy atom. The normalized spacial score (nSPS) is 11.5. The Morgan fingerprint density at radius 2 is 0.697 bits per heavy atom. The van der Waals surface area contributed by atoms with Crippen LogP contribution < -0.4 is 26.4 Å². The van der Waals surface area contributed by atoms with Crippen LogP contribution in [0.4, 0.5) is 87.8 Å². The lowest BCUT2D eigenvalue weighted by atomic mass is 9.12. The van der Waals surface area contributed by atoms with Crippen molar-refractivity contribution in [1.82, 2.24) is 0 Å². The van der Waals surface area contributed by atoms with E-state index in [1.54, 1.807) is 54.9 Å². The monoisotopic (exact) mass is 963 g/mol. The van der Waals surface area contributed by atoms with E-state index in [9.17, 15) is 62.3 Å². The second-order valence-corrected chi connectivity index (χ2v) is 13.8. The second kappa shape index (κ2) is 18.9. The van der Waals surface area contributed by atoms with E-state index in [2.05, 4.69) is 0 Å². The molecule has 6 aromatic rings. The van der Waals surface area contributed by atoms with E-state index in [1.807, 2.05) is 18.2 Å². The lowest BCUT2D eigenvalue weighted by molar-refractivity contribution is -0.685. The predicted molar refractivity (Wildman–Crippen MR) is 187 cm³/mol. The van der Waals surface area contributed by atoms with Gasteiger partial charge in [0.05, 0.1) is 6.10 Å². The molecule has 0 radical (unpaired) electrons. The number of rotatable bonds is 9. The number of halogens is 20. The van der Waals surface area contributed by atoms with E-state index < -0.39 is 150 Å². The molecule has 0 N–H and O–H groups in total. The van der Waals surface area contributed by atoms with Gasteiger partial charge >= 0.3 is 5.97 Å². The fourth-order valence-electron chi connectivity index (χ4n) is 6.82. The third-order valence-corrected chi connectivity index (χ3v) is 9.61. The fourth-order valence-corrected chi connectivity index (χ4v) is 6.82. The average Bonchev–Trinajstić information content (AvgIpc) is 3.29. The number of carbonyl (C=O) groups excluding carboxylic acids is 2. The molecule has 0 saturated heterocycles. The zero-order chi connectivity index (χ0) is 49.6. The van der Waals surface area contributed by atoms with Crippen LogP contribution in [-0.2, 0) is 11.3 Å². The summed E-state index contributed by atoms with van der Waals surface area (Å²) >= 11 is 0. The number of aromatic nitrogens is 1. The smallest absolute Gasteiger partial charge is 0.403 e. The summed E-state index contributed by atoms with van der Waals surface area (Å²) in [6.45, 7) is 3.69. The molecule has 0 aliphatic heterocycles. The molecule has 0 bridgehead atoms. The number of ketones is 1. The zero-order valence-electron chi connectivity index (χ0n) is 32.3. The van der Waals surface area contributed by atoms with Gasteiger partial charge in [-0.25, -0.2) is 92.6 Å².